The van der Waals surface area contributed by atoms with Crippen LogP contribution < -0.4 is 10.5 Å². The van der Waals surface area contributed by atoms with Crippen LogP contribution in [0.2, 0.25) is 0 Å². The van der Waals surface area contributed by atoms with E-state index in [1.807, 2.05) is 17.7 Å². The number of anilines is 1. The number of aliphatic imine (C=N–C) groups is 1. The molecular weight excluding hydrogens is 278 g/mol. The molecule has 100 valence electrons. The molecule has 1 aliphatic heterocycles. The fourth-order valence-electron chi connectivity index (χ4n) is 2.04. The minimum Gasteiger partial charge on any atom is -0.494 e. The number of hydrogen-bond acceptors (Lipinski definition) is 5. The summed E-state index contributed by atoms with van der Waals surface area (Å²) in [6, 6.07) is 3.96. The number of methoxy groups -OCH3 is 1. The number of nitrogens with two attached hydrogens (primary N) is 1. The van der Waals surface area contributed by atoms with Crippen molar-refractivity contribution in [2.45, 2.75) is 0 Å². The first kappa shape index (κ1) is 12.5. The van der Waals surface area contributed by atoms with E-state index in [1.54, 1.807) is 7.11 Å². The molecule has 0 aliphatic carbocycles. The summed E-state index contributed by atoms with van der Waals surface area (Å²) in [5.41, 5.74) is 10.8. The summed E-state index contributed by atoms with van der Waals surface area (Å²) in [4.78, 5) is 8.90. The summed E-state index contributed by atoms with van der Waals surface area (Å²) < 4.78 is 6.37. The molecule has 0 fully saturated rings. The number of rotatable bonds is 2. The van der Waals surface area contributed by atoms with Crippen LogP contribution >= 0.6 is 21.4 Å². The zero-order valence-corrected chi connectivity index (χ0v) is 12.6. The van der Waals surface area contributed by atoms with Gasteiger partial charge in [-0.25, -0.2) is 4.98 Å². The molecule has 3 rings (SSSR count). The maximum Gasteiger partial charge on any atom is 0.181 e. The van der Waals surface area contributed by atoms with Gasteiger partial charge in [0.15, 0.2) is 5.13 Å². The standard InChI is InChI=1S/C13H15N3OS2/c1-17-10-5-4-8(9-6-19(2,3)7-15-9)12-11(10)16-13(14)18-12/h4-7H,1-3H3,(H2,14,16). The van der Waals surface area contributed by atoms with Gasteiger partial charge in [-0.05, 0) is 30.1 Å². The van der Waals surface area contributed by atoms with Crippen molar-refractivity contribution in [2.75, 3.05) is 25.4 Å². The number of fused-ring (bicyclic) bond motifs is 1. The number of hydrogen-bond donors (Lipinski definition) is 1. The summed E-state index contributed by atoms with van der Waals surface area (Å²) >= 11 is 1.48. The average Bonchev–Trinajstić information content (AvgIpc) is 2.90. The number of aromatic nitrogens is 1. The van der Waals surface area contributed by atoms with Crippen molar-refractivity contribution in [1.29, 1.82) is 0 Å². The molecule has 0 amide bonds. The summed E-state index contributed by atoms with van der Waals surface area (Å²) in [5, 5.41) is 2.79. The molecule has 2 heterocycles. The summed E-state index contributed by atoms with van der Waals surface area (Å²) in [6.45, 7) is 0. The molecule has 6 heteroatoms. The van der Waals surface area contributed by atoms with Gasteiger partial charge in [0.05, 0.1) is 17.5 Å². The van der Waals surface area contributed by atoms with E-state index in [-0.39, 0.29) is 0 Å². The van der Waals surface area contributed by atoms with Gasteiger partial charge in [-0.15, -0.1) is 0 Å². The lowest BCUT2D eigenvalue weighted by Gasteiger charge is -2.15. The van der Waals surface area contributed by atoms with Crippen LogP contribution in [0, 0.1) is 0 Å². The molecule has 1 aliphatic rings. The maximum absolute atomic E-state index is 5.83. The topological polar surface area (TPSA) is 60.5 Å². The van der Waals surface area contributed by atoms with E-state index < -0.39 is 10.0 Å². The van der Waals surface area contributed by atoms with Crippen molar-refractivity contribution in [3.63, 3.8) is 0 Å². The van der Waals surface area contributed by atoms with Gasteiger partial charge in [0.2, 0.25) is 0 Å². The predicted octanol–water partition coefficient (Wildman–Crippen LogP) is 3.29. The number of thiazole rings is 1. The Morgan fingerprint density at radius 2 is 2.11 bits per heavy atom. The zero-order chi connectivity index (χ0) is 13.6. The number of ether oxygens (including phenoxy) is 1. The fraction of sp³-hybridized carbons (Fsp3) is 0.231. The summed E-state index contributed by atoms with van der Waals surface area (Å²) in [5.74, 6) is 0.751. The third kappa shape index (κ3) is 2.11. The Hall–Kier alpha value is -1.53. The van der Waals surface area contributed by atoms with Gasteiger partial charge < -0.3 is 10.5 Å². The average molecular weight is 293 g/mol. The highest BCUT2D eigenvalue weighted by Crippen LogP contribution is 2.48. The lowest BCUT2D eigenvalue weighted by atomic mass is 10.1. The van der Waals surface area contributed by atoms with Crippen molar-refractivity contribution in [3.05, 3.63) is 23.1 Å². The van der Waals surface area contributed by atoms with Gasteiger partial charge in [-0.1, -0.05) is 11.3 Å². The molecule has 0 spiro atoms. The van der Waals surface area contributed by atoms with E-state index >= 15 is 0 Å². The van der Waals surface area contributed by atoms with E-state index in [0.717, 1.165) is 27.2 Å². The molecule has 0 atom stereocenters. The Morgan fingerprint density at radius 1 is 1.32 bits per heavy atom. The van der Waals surface area contributed by atoms with Crippen LogP contribution in [-0.2, 0) is 0 Å². The zero-order valence-electron chi connectivity index (χ0n) is 11.0. The van der Waals surface area contributed by atoms with Crippen LogP contribution in [0.1, 0.15) is 5.56 Å². The lowest BCUT2D eigenvalue weighted by Crippen LogP contribution is -1.88. The smallest absolute Gasteiger partial charge is 0.181 e. The van der Waals surface area contributed by atoms with Gasteiger partial charge in [-0.3, -0.25) is 4.99 Å². The first-order valence-electron chi connectivity index (χ1n) is 5.73. The van der Waals surface area contributed by atoms with E-state index in [1.165, 1.54) is 11.3 Å². The first-order chi connectivity index (χ1) is 9.00. The minimum absolute atomic E-state index is 0.551. The second-order valence-corrected chi connectivity index (χ2v) is 9.22. The molecule has 4 nitrogen and oxygen atoms in total. The molecule has 0 unspecified atom stereocenters. The molecule has 0 saturated heterocycles. The van der Waals surface area contributed by atoms with Gasteiger partial charge >= 0.3 is 0 Å². The van der Waals surface area contributed by atoms with Crippen LogP contribution in [0.25, 0.3) is 15.9 Å². The Bertz CT molecular complexity index is 716. The van der Waals surface area contributed by atoms with Gasteiger partial charge in [0.1, 0.15) is 11.3 Å². The van der Waals surface area contributed by atoms with Crippen molar-refractivity contribution in [1.82, 2.24) is 4.98 Å². The van der Waals surface area contributed by atoms with E-state index in [9.17, 15) is 0 Å². The predicted molar refractivity (Wildman–Crippen MR) is 86.5 cm³/mol. The molecule has 0 radical (unpaired) electrons. The highest BCUT2D eigenvalue weighted by atomic mass is 32.3. The van der Waals surface area contributed by atoms with E-state index in [4.69, 9.17) is 10.5 Å². The second kappa shape index (κ2) is 4.25. The van der Waals surface area contributed by atoms with Crippen molar-refractivity contribution in [2.24, 2.45) is 4.99 Å². The molecular formula is C13H15N3OS2. The molecule has 1 aromatic carbocycles. The quantitative estimate of drug-likeness (QED) is 0.924. The minimum atomic E-state index is -0.853. The molecule has 2 N–H and O–H groups in total. The lowest BCUT2D eigenvalue weighted by molar-refractivity contribution is 0.419. The third-order valence-corrected chi connectivity index (χ3v) is 5.30. The van der Waals surface area contributed by atoms with Crippen LogP contribution in [0.5, 0.6) is 5.75 Å². The largest absolute Gasteiger partial charge is 0.494 e. The normalized spacial score (nSPS) is 18.6. The Morgan fingerprint density at radius 3 is 2.74 bits per heavy atom. The van der Waals surface area contributed by atoms with Crippen molar-refractivity contribution < 1.29 is 4.74 Å². The van der Waals surface area contributed by atoms with Crippen molar-refractivity contribution >= 4 is 48.0 Å². The number of nitrogen functional groups attached to an aromatic ring is 1. The molecule has 1 aromatic heterocycles. The molecule has 19 heavy (non-hydrogen) atoms. The van der Waals surface area contributed by atoms with Crippen LogP contribution in [0.4, 0.5) is 5.13 Å². The van der Waals surface area contributed by atoms with Gasteiger partial charge in [0.25, 0.3) is 0 Å². The van der Waals surface area contributed by atoms with Crippen LogP contribution in [0.15, 0.2) is 22.5 Å². The van der Waals surface area contributed by atoms with Crippen LogP contribution in [-0.4, -0.2) is 30.2 Å². The number of benzene rings is 1. The molecule has 0 bridgehead atoms. The monoisotopic (exact) mass is 293 g/mol. The third-order valence-electron chi connectivity index (χ3n) is 2.90. The number of nitrogens with zero attached hydrogens (tertiary/aromatic N) is 2. The van der Waals surface area contributed by atoms with Crippen molar-refractivity contribution in [3.8, 4) is 5.75 Å². The highest BCUT2D eigenvalue weighted by molar-refractivity contribution is 8.45. The second-order valence-electron chi connectivity index (χ2n) is 4.77. The maximum atomic E-state index is 5.83. The van der Waals surface area contributed by atoms with E-state index in [0.29, 0.717) is 5.13 Å². The summed E-state index contributed by atoms with van der Waals surface area (Å²) in [7, 11) is 0.790. The fourth-order valence-corrected chi connectivity index (χ4v) is 4.12. The van der Waals surface area contributed by atoms with Gasteiger partial charge in [0, 0.05) is 11.1 Å². The van der Waals surface area contributed by atoms with Gasteiger partial charge in [-0.2, -0.15) is 10.0 Å². The molecule has 0 saturated carbocycles. The molecule has 2 aromatic rings. The summed E-state index contributed by atoms with van der Waals surface area (Å²) in [6.07, 6.45) is 4.43. The van der Waals surface area contributed by atoms with Crippen LogP contribution in [0.3, 0.4) is 0 Å². The SMILES string of the molecule is COc1ccc(C2=CS(C)(C)C=N2)c2sc(N)nc12. The Labute approximate surface area is 117 Å². The highest BCUT2D eigenvalue weighted by Gasteiger charge is 2.19. The first-order valence-corrected chi connectivity index (χ1v) is 9.12. The Kier molecular flexibility index (Phi) is 2.79. The Balaban J connectivity index is 2.24. The van der Waals surface area contributed by atoms with E-state index in [2.05, 4.69) is 27.9 Å².